The first-order valence-electron chi connectivity index (χ1n) is 11.6. The van der Waals surface area contributed by atoms with Crippen LogP contribution in [0.1, 0.15) is 39.5 Å². The third-order valence-electron chi connectivity index (χ3n) is 5.93. The smallest absolute Gasteiger partial charge is 0.337 e. The molecule has 1 aliphatic heterocycles. The molecule has 4 rings (SSSR count). The third-order valence-corrected chi connectivity index (χ3v) is 6.65. The number of carbonyl (C=O) groups excluding carboxylic acids is 2. The quantitative estimate of drug-likeness (QED) is 0.251. The monoisotopic (exact) mass is 520 g/mol. The van der Waals surface area contributed by atoms with Crippen molar-refractivity contribution in [2.75, 3.05) is 30.5 Å². The molecule has 0 aliphatic carbocycles. The average molecular weight is 521 g/mol. The molecule has 1 amide bonds. The molecule has 0 saturated heterocycles. The Morgan fingerprint density at radius 1 is 1.03 bits per heavy atom. The molecule has 5 N–H and O–H groups in total. The van der Waals surface area contributed by atoms with Crippen molar-refractivity contribution in [1.29, 1.82) is 0 Å². The Morgan fingerprint density at radius 3 is 2.38 bits per heavy atom. The lowest BCUT2D eigenvalue weighted by atomic mass is 9.98. The van der Waals surface area contributed by atoms with Crippen LogP contribution in [0.4, 0.5) is 11.4 Å². The number of hydrogen-bond donors (Lipinski definition) is 4. The van der Waals surface area contributed by atoms with Crippen molar-refractivity contribution in [2.24, 2.45) is 5.73 Å². The molecule has 0 radical (unpaired) electrons. The van der Waals surface area contributed by atoms with Crippen LogP contribution >= 0.6 is 0 Å². The van der Waals surface area contributed by atoms with Crippen LogP contribution < -0.4 is 21.1 Å². The van der Waals surface area contributed by atoms with Gasteiger partial charge in [-0.15, -0.1) is 0 Å². The summed E-state index contributed by atoms with van der Waals surface area (Å²) >= 11 is 0. The summed E-state index contributed by atoms with van der Waals surface area (Å²) in [5.74, 6) is -0.776. The van der Waals surface area contributed by atoms with Crippen LogP contribution in [-0.4, -0.2) is 40.2 Å². The number of ether oxygens (including phenoxy) is 1. The molecule has 0 spiro atoms. The Labute approximate surface area is 215 Å². The van der Waals surface area contributed by atoms with Gasteiger partial charge in [0.15, 0.2) is 0 Å². The molecule has 9 nitrogen and oxygen atoms in total. The van der Waals surface area contributed by atoms with Crippen LogP contribution in [0.3, 0.4) is 0 Å². The van der Waals surface area contributed by atoms with Crippen molar-refractivity contribution in [2.45, 2.75) is 12.5 Å². The van der Waals surface area contributed by atoms with Crippen molar-refractivity contribution in [1.82, 2.24) is 4.72 Å². The van der Waals surface area contributed by atoms with Gasteiger partial charge >= 0.3 is 5.97 Å². The SMILES string of the molecule is COC(=O)c1ccc2c(c1)NC(=O)C2=C(Nc1ccc(C(N)CCNS(C)(=O)=O)cc1)c1ccccc1. The number of nitrogens with one attached hydrogen (secondary N) is 3. The first kappa shape index (κ1) is 26.1. The number of nitrogens with two attached hydrogens (primary N) is 1. The molecule has 0 bridgehead atoms. The molecule has 0 saturated carbocycles. The predicted molar refractivity (Wildman–Crippen MR) is 144 cm³/mol. The number of sulfonamides is 1. The van der Waals surface area contributed by atoms with Gasteiger partial charge in [0.2, 0.25) is 10.0 Å². The molecule has 0 fully saturated rings. The number of fused-ring (bicyclic) bond motifs is 1. The molecular formula is C27H28N4O5S. The number of esters is 1. The molecule has 37 heavy (non-hydrogen) atoms. The number of methoxy groups -OCH3 is 1. The van der Waals surface area contributed by atoms with Crippen molar-refractivity contribution >= 4 is 44.5 Å². The highest BCUT2D eigenvalue weighted by atomic mass is 32.2. The fraction of sp³-hybridized carbons (Fsp3) is 0.185. The van der Waals surface area contributed by atoms with Gasteiger partial charge in [0.1, 0.15) is 0 Å². The lowest BCUT2D eigenvalue weighted by Crippen LogP contribution is -2.26. The zero-order valence-electron chi connectivity index (χ0n) is 20.4. The van der Waals surface area contributed by atoms with Crippen LogP contribution in [-0.2, 0) is 19.6 Å². The van der Waals surface area contributed by atoms with E-state index in [0.717, 1.165) is 23.1 Å². The maximum atomic E-state index is 13.1. The molecule has 3 aromatic rings. The zero-order valence-corrected chi connectivity index (χ0v) is 21.3. The number of hydrogen-bond acceptors (Lipinski definition) is 7. The van der Waals surface area contributed by atoms with Crippen LogP contribution in [0.5, 0.6) is 0 Å². The number of rotatable bonds is 9. The van der Waals surface area contributed by atoms with Crippen molar-refractivity contribution in [3.63, 3.8) is 0 Å². The van der Waals surface area contributed by atoms with Gasteiger partial charge in [-0.25, -0.2) is 17.9 Å². The van der Waals surface area contributed by atoms with E-state index in [9.17, 15) is 18.0 Å². The van der Waals surface area contributed by atoms with E-state index in [4.69, 9.17) is 10.5 Å². The molecule has 1 aliphatic rings. The number of amides is 1. The van der Waals surface area contributed by atoms with E-state index in [1.54, 1.807) is 18.2 Å². The summed E-state index contributed by atoms with van der Waals surface area (Å²) < 4.78 is 29.8. The van der Waals surface area contributed by atoms with Crippen LogP contribution in [0, 0.1) is 0 Å². The highest BCUT2D eigenvalue weighted by Gasteiger charge is 2.29. The number of anilines is 2. The normalized spacial score (nSPS) is 14.9. The van der Waals surface area contributed by atoms with E-state index in [2.05, 4.69) is 15.4 Å². The van der Waals surface area contributed by atoms with Crippen molar-refractivity contribution in [3.05, 3.63) is 95.1 Å². The predicted octanol–water partition coefficient (Wildman–Crippen LogP) is 3.34. The van der Waals surface area contributed by atoms with E-state index in [0.29, 0.717) is 34.5 Å². The van der Waals surface area contributed by atoms with Gasteiger partial charge in [0.05, 0.1) is 35.9 Å². The molecule has 3 aromatic carbocycles. The van der Waals surface area contributed by atoms with Crippen molar-refractivity contribution in [3.8, 4) is 0 Å². The Hall–Kier alpha value is -3.99. The van der Waals surface area contributed by atoms with Crippen molar-refractivity contribution < 1.29 is 22.7 Å². The minimum absolute atomic E-state index is 0.246. The van der Waals surface area contributed by atoms with Crippen LogP contribution in [0.2, 0.25) is 0 Å². The average Bonchev–Trinajstić information content (AvgIpc) is 3.21. The molecule has 1 heterocycles. The maximum absolute atomic E-state index is 13.1. The number of carbonyl (C=O) groups is 2. The molecule has 192 valence electrons. The Morgan fingerprint density at radius 2 is 1.73 bits per heavy atom. The van der Waals surface area contributed by atoms with E-state index >= 15 is 0 Å². The topological polar surface area (TPSA) is 140 Å². The minimum Gasteiger partial charge on any atom is -0.465 e. The lowest BCUT2D eigenvalue weighted by Gasteiger charge is -2.16. The Kier molecular flexibility index (Phi) is 7.72. The fourth-order valence-corrected chi connectivity index (χ4v) is 4.56. The molecule has 0 aromatic heterocycles. The zero-order chi connectivity index (χ0) is 26.6. The highest BCUT2D eigenvalue weighted by Crippen LogP contribution is 2.38. The second kappa shape index (κ2) is 11.0. The summed E-state index contributed by atoms with van der Waals surface area (Å²) in [7, 11) is -1.96. The van der Waals surface area contributed by atoms with Gasteiger partial charge < -0.3 is 21.1 Å². The van der Waals surface area contributed by atoms with E-state index < -0.39 is 16.0 Å². The molecule has 1 unspecified atom stereocenters. The standard InChI is InChI=1S/C27H28N4O5S/c1-36-27(33)19-10-13-21-23(16-19)31-26(32)24(21)25(18-6-4-3-5-7-18)30-20-11-8-17(9-12-20)22(28)14-15-29-37(2,34)35/h3-13,16,22,29-30H,14-15,28H2,1-2H3,(H,31,32). The lowest BCUT2D eigenvalue weighted by molar-refractivity contribution is -0.110. The van der Waals surface area contributed by atoms with Crippen LogP contribution in [0.25, 0.3) is 11.3 Å². The van der Waals surface area contributed by atoms with E-state index in [1.807, 2.05) is 54.6 Å². The van der Waals surface area contributed by atoms with Gasteiger partial charge in [-0.1, -0.05) is 48.5 Å². The maximum Gasteiger partial charge on any atom is 0.337 e. The Bertz CT molecular complexity index is 1450. The van der Waals surface area contributed by atoms with Gasteiger partial charge in [-0.05, 0) is 41.8 Å². The van der Waals surface area contributed by atoms with E-state index in [-0.39, 0.29) is 18.5 Å². The minimum atomic E-state index is -3.27. The molecule has 10 heteroatoms. The largest absolute Gasteiger partial charge is 0.465 e. The third kappa shape index (κ3) is 6.23. The van der Waals surface area contributed by atoms with Crippen LogP contribution in [0.15, 0.2) is 72.8 Å². The highest BCUT2D eigenvalue weighted by molar-refractivity contribution is 7.88. The summed E-state index contributed by atoms with van der Waals surface area (Å²) in [6, 6.07) is 21.5. The van der Waals surface area contributed by atoms with E-state index in [1.165, 1.54) is 7.11 Å². The summed E-state index contributed by atoms with van der Waals surface area (Å²) in [6.07, 6.45) is 1.56. The second-order valence-corrected chi connectivity index (χ2v) is 10.5. The fourth-order valence-electron chi connectivity index (χ4n) is 4.07. The molecular weight excluding hydrogens is 492 g/mol. The van der Waals surface area contributed by atoms with Gasteiger partial charge in [-0.2, -0.15) is 0 Å². The summed E-state index contributed by atoms with van der Waals surface area (Å²) in [5.41, 5.74) is 11.2. The second-order valence-electron chi connectivity index (χ2n) is 8.63. The first-order valence-corrected chi connectivity index (χ1v) is 13.5. The summed E-state index contributed by atoms with van der Waals surface area (Å²) in [6.45, 7) is 0.246. The first-order chi connectivity index (χ1) is 17.7. The number of benzene rings is 3. The molecule has 1 atom stereocenters. The summed E-state index contributed by atoms with van der Waals surface area (Å²) in [4.78, 5) is 25.1. The van der Waals surface area contributed by atoms with Gasteiger partial charge in [0, 0.05) is 23.8 Å². The summed E-state index contributed by atoms with van der Waals surface area (Å²) in [5, 5.41) is 6.23. The Balaban J connectivity index is 1.64. The van der Waals surface area contributed by atoms with Gasteiger partial charge in [-0.3, -0.25) is 4.79 Å². The van der Waals surface area contributed by atoms with Gasteiger partial charge in [0.25, 0.3) is 5.91 Å².